The van der Waals surface area contributed by atoms with Crippen molar-refractivity contribution in [2.45, 2.75) is 75.9 Å². The molecule has 0 aliphatic heterocycles. The fourth-order valence-corrected chi connectivity index (χ4v) is 6.76. The summed E-state index contributed by atoms with van der Waals surface area (Å²) in [5.41, 5.74) is 1.55. The first kappa shape index (κ1) is 30.2. The number of nitrogens with one attached hydrogen (secondary N) is 1. The first-order valence-electron chi connectivity index (χ1n) is 14.2. The van der Waals surface area contributed by atoms with Crippen molar-refractivity contribution in [3.63, 3.8) is 0 Å². The van der Waals surface area contributed by atoms with Gasteiger partial charge in [-0.3, -0.25) is 13.9 Å². The second-order valence-corrected chi connectivity index (χ2v) is 12.4. The smallest absolute Gasteiger partial charge is 0.264 e. The topological polar surface area (TPSA) is 86.8 Å². The Morgan fingerprint density at radius 3 is 2.22 bits per heavy atom. The SMILES string of the molecule is CCC(C(=O)NC1CCCCC1)N(Cc1ccccc1C)C(=O)CN(c1ccccc1F)S(=O)(=O)c1ccccc1. The lowest BCUT2D eigenvalue weighted by atomic mass is 9.95. The van der Waals surface area contributed by atoms with Crippen LogP contribution in [0.15, 0.2) is 83.8 Å². The van der Waals surface area contributed by atoms with Crippen molar-refractivity contribution >= 4 is 27.5 Å². The summed E-state index contributed by atoms with van der Waals surface area (Å²) in [6.07, 6.45) is 5.35. The van der Waals surface area contributed by atoms with E-state index in [9.17, 15) is 18.0 Å². The van der Waals surface area contributed by atoms with E-state index in [1.54, 1.807) is 18.2 Å². The number of rotatable bonds is 11. The molecule has 0 aromatic heterocycles. The minimum absolute atomic E-state index is 0.0501. The molecule has 0 heterocycles. The van der Waals surface area contributed by atoms with E-state index < -0.39 is 34.3 Å². The van der Waals surface area contributed by atoms with Crippen molar-refractivity contribution in [1.29, 1.82) is 0 Å². The van der Waals surface area contributed by atoms with Gasteiger partial charge in [0.05, 0.1) is 10.6 Å². The number of aryl methyl sites for hydroxylation is 1. The Morgan fingerprint density at radius 2 is 1.56 bits per heavy atom. The maximum absolute atomic E-state index is 15.1. The average Bonchev–Trinajstić information content (AvgIpc) is 2.98. The summed E-state index contributed by atoms with van der Waals surface area (Å²) in [5, 5.41) is 3.13. The molecule has 3 aromatic carbocycles. The molecular weight excluding hydrogens is 541 g/mol. The van der Waals surface area contributed by atoms with Crippen molar-refractivity contribution in [1.82, 2.24) is 10.2 Å². The van der Waals surface area contributed by atoms with Gasteiger partial charge in [-0.1, -0.05) is 80.8 Å². The summed E-state index contributed by atoms with van der Waals surface area (Å²) in [6, 6.07) is 19.9. The third-order valence-electron chi connectivity index (χ3n) is 7.67. The molecule has 2 amide bonds. The molecule has 0 spiro atoms. The Kier molecular flexibility index (Phi) is 10.2. The average molecular weight is 580 g/mol. The van der Waals surface area contributed by atoms with Gasteiger partial charge in [0.2, 0.25) is 11.8 Å². The van der Waals surface area contributed by atoms with Gasteiger partial charge in [-0.15, -0.1) is 0 Å². The van der Waals surface area contributed by atoms with Gasteiger partial charge < -0.3 is 10.2 Å². The van der Waals surface area contributed by atoms with E-state index in [2.05, 4.69) is 5.32 Å². The van der Waals surface area contributed by atoms with Crippen LogP contribution >= 0.6 is 0 Å². The van der Waals surface area contributed by atoms with Crippen molar-refractivity contribution in [3.8, 4) is 0 Å². The highest BCUT2D eigenvalue weighted by molar-refractivity contribution is 7.92. The van der Waals surface area contributed by atoms with E-state index in [0.29, 0.717) is 6.42 Å². The quantitative estimate of drug-likeness (QED) is 0.321. The molecule has 1 fully saturated rings. The molecule has 0 bridgehead atoms. The number of hydrogen-bond acceptors (Lipinski definition) is 4. The highest BCUT2D eigenvalue weighted by atomic mass is 32.2. The molecule has 9 heteroatoms. The number of amides is 2. The molecule has 3 aromatic rings. The summed E-state index contributed by atoms with van der Waals surface area (Å²) in [7, 11) is -4.32. The highest BCUT2D eigenvalue weighted by Gasteiger charge is 2.35. The number of hydrogen-bond donors (Lipinski definition) is 1. The van der Waals surface area contributed by atoms with E-state index in [1.165, 1.54) is 35.2 Å². The Morgan fingerprint density at radius 1 is 0.927 bits per heavy atom. The van der Waals surface area contributed by atoms with E-state index in [0.717, 1.165) is 53.6 Å². The summed E-state index contributed by atoms with van der Waals surface area (Å²) in [6.45, 7) is 3.20. The van der Waals surface area contributed by atoms with Gasteiger partial charge in [-0.25, -0.2) is 12.8 Å². The van der Waals surface area contributed by atoms with E-state index in [4.69, 9.17) is 0 Å². The van der Waals surface area contributed by atoms with Gasteiger partial charge in [-0.2, -0.15) is 0 Å². The zero-order valence-corrected chi connectivity index (χ0v) is 24.4. The third kappa shape index (κ3) is 7.33. The van der Waals surface area contributed by atoms with Crippen LogP contribution in [0.4, 0.5) is 10.1 Å². The predicted molar refractivity (Wildman–Crippen MR) is 158 cm³/mol. The molecule has 4 rings (SSSR count). The lowest BCUT2D eigenvalue weighted by Crippen LogP contribution is -2.54. The number of sulfonamides is 1. The van der Waals surface area contributed by atoms with Crippen LogP contribution in [0.3, 0.4) is 0 Å². The number of carbonyl (C=O) groups excluding carboxylic acids is 2. The van der Waals surface area contributed by atoms with E-state index in [1.807, 2.05) is 38.1 Å². The number of carbonyl (C=O) groups is 2. The van der Waals surface area contributed by atoms with Gasteiger partial charge in [0.15, 0.2) is 0 Å². The van der Waals surface area contributed by atoms with E-state index in [-0.39, 0.29) is 29.1 Å². The molecule has 1 aliphatic rings. The highest BCUT2D eigenvalue weighted by Crippen LogP contribution is 2.27. The molecule has 0 saturated heterocycles. The zero-order chi connectivity index (χ0) is 29.4. The maximum atomic E-state index is 15.1. The van der Waals surface area contributed by atoms with Gasteiger partial charge >= 0.3 is 0 Å². The molecule has 41 heavy (non-hydrogen) atoms. The number of para-hydroxylation sites is 1. The molecule has 0 radical (unpaired) electrons. The van der Waals surface area contributed by atoms with Crippen LogP contribution in [0.2, 0.25) is 0 Å². The minimum atomic E-state index is -4.32. The van der Waals surface area contributed by atoms with Gasteiger partial charge in [-0.05, 0) is 61.6 Å². The van der Waals surface area contributed by atoms with Crippen LogP contribution in [-0.4, -0.2) is 43.8 Å². The zero-order valence-electron chi connectivity index (χ0n) is 23.6. The largest absolute Gasteiger partial charge is 0.352 e. The molecule has 1 aliphatic carbocycles. The van der Waals surface area contributed by atoms with Crippen LogP contribution in [0.5, 0.6) is 0 Å². The molecular formula is C32H38FN3O4S. The van der Waals surface area contributed by atoms with Crippen LogP contribution in [-0.2, 0) is 26.2 Å². The second-order valence-electron chi connectivity index (χ2n) is 10.5. The Balaban J connectivity index is 1.71. The summed E-state index contributed by atoms with van der Waals surface area (Å²) >= 11 is 0. The minimum Gasteiger partial charge on any atom is -0.352 e. The molecule has 1 saturated carbocycles. The molecule has 7 nitrogen and oxygen atoms in total. The molecule has 218 valence electrons. The molecule has 1 N–H and O–H groups in total. The fourth-order valence-electron chi connectivity index (χ4n) is 5.32. The first-order valence-corrected chi connectivity index (χ1v) is 15.6. The maximum Gasteiger partial charge on any atom is 0.264 e. The van der Waals surface area contributed by atoms with Crippen LogP contribution in [0.25, 0.3) is 0 Å². The van der Waals surface area contributed by atoms with E-state index >= 15 is 4.39 Å². The Labute approximate surface area is 242 Å². The van der Waals surface area contributed by atoms with Crippen LogP contribution in [0.1, 0.15) is 56.6 Å². The number of benzene rings is 3. The lowest BCUT2D eigenvalue weighted by Gasteiger charge is -2.34. The third-order valence-corrected chi connectivity index (χ3v) is 9.44. The Hall–Kier alpha value is -3.72. The summed E-state index contributed by atoms with van der Waals surface area (Å²) < 4.78 is 43.5. The van der Waals surface area contributed by atoms with Gasteiger partial charge in [0.1, 0.15) is 18.4 Å². The standard InChI is InChI=1S/C32H38FN3O4S/c1-3-29(32(38)34-26-16-6-4-7-17-26)35(22-25-15-11-10-14-24(25)2)31(37)23-36(30-21-13-12-20-28(30)33)41(39,40)27-18-8-5-9-19-27/h5,8-15,18-21,26,29H,3-4,6-7,16-17,22-23H2,1-2H3,(H,34,38). The van der Waals surface area contributed by atoms with Gasteiger partial charge in [0, 0.05) is 12.6 Å². The van der Waals surface area contributed by atoms with Crippen molar-refractivity contribution in [3.05, 3.63) is 95.8 Å². The summed E-state index contributed by atoms with van der Waals surface area (Å²) in [4.78, 5) is 29.1. The van der Waals surface area contributed by atoms with Crippen molar-refractivity contribution in [2.75, 3.05) is 10.8 Å². The first-order chi connectivity index (χ1) is 19.7. The van der Waals surface area contributed by atoms with Crippen LogP contribution in [0, 0.1) is 12.7 Å². The molecule has 1 unspecified atom stereocenters. The number of anilines is 1. The fraction of sp³-hybridized carbons (Fsp3) is 0.375. The number of nitrogens with zero attached hydrogens (tertiary/aromatic N) is 2. The lowest BCUT2D eigenvalue weighted by molar-refractivity contribution is -0.140. The van der Waals surface area contributed by atoms with Crippen LogP contribution < -0.4 is 9.62 Å². The van der Waals surface area contributed by atoms with Crippen molar-refractivity contribution in [2.24, 2.45) is 0 Å². The summed E-state index contributed by atoms with van der Waals surface area (Å²) in [5.74, 6) is -1.63. The Bertz CT molecular complexity index is 1440. The number of halogens is 1. The monoisotopic (exact) mass is 579 g/mol. The van der Waals surface area contributed by atoms with Crippen molar-refractivity contribution < 1.29 is 22.4 Å². The van der Waals surface area contributed by atoms with Gasteiger partial charge in [0.25, 0.3) is 10.0 Å². The second kappa shape index (κ2) is 13.8. The normalized spacial score (nSPS) is 14.7. The predicted octanol–water partition coefficient (Wildman–Crippen LogP) is 5.59. The molecule has 1 atom stereocenters.